The van der Waals surface area contributed by atoms with Gasteiger partial charge in [-0.3, -0.25) is 9.63 Å². The lowest BCUT2D eigenvalue weighted by atomic mass is 10.2. The summed E-state index contributed by atoms with van der Waals surface area (Å²) in [5, 5.41) is 1.33. The van der Waals surface area contributed by atoms with Gasteiger partial charge in [-0.15, -0.1) is 0 Å². The predicted octanol–water partition coefficient (Wildman–Crippen LogP) is 3.63. The average molecular weight is 269 g/mol. The minimum Gasteiger partial charge on any atom is -0.272 e. The van der Waals surface area contributed by atoms with Crippen molar-refractivity contribution in [3.8, 4) is 0 Å². The number of carbonyl (C=O) groups excluding carboxylic acids is 1. The highest BCUT2D eigenvalue weighted by Gasteiger charge is 2.14. The summed E-state index contributed by atoms with van der Waals surface area (Å²) in [6.45, 7) is 5.86. The number of hydroxylamine groups is 1. The summed E-state index contributed by atoms with van der Waals surface area (Å²) in [5.41, 5.74) is 1.83. The molecule has 0 aliphatic carbocycles. The number of amides is 1. The zero-order valence-electron chi connectivity index (χ0n) is 11.6. The minimum absolute atomic E-state index is 0.0400. The SMILES string of the molecule is CCC(=O)N(OC)c1ccccc1C.CCCS. The lowest BCUT2D eigenvalue weighted by molar-refractivity contribution is -0.124. The normalized spacial score (nSPS) is 9.39. The van der Waals surface area contributed by atoms with Gasteiger partial charge < -0.3 is 0 Å². The van der Waals surface area contributed by atoms with Crippen LogP contribution in [0.3, 0.4) is 0 Å². The van der Waals surface area contributed by atoms with Crippen molar-refractivity contribution in [3.63, 3.8) is 0 Å². The number of benzene rings is 1. The fourth-order valence-electron chi connectivity index (χ4n) is 1.27. The van der Waals surface area contributed by atoms with Crippen molar-refractivity contribution in [2.24, 2.45) is 0 Å². The van der Waals surface area contributed by atoms with E-state index in [0.717, 1.165) is 17.0 Å². The van der Waals surface area contributed by atoms with E-state index in [-0.39, 0.29) is 5.91 Å². The third kappa shape index (κ3) is 5.56. The molecule has 4 heteroatoms. The van der Waals surface area contributed by atoms with Crippen molar-refractivity contribution in [1.29, 1.82) is 0 Å². The van der Waals surface area contributed by atoms with Crippen molar-refractivity contribution in [3.05, 3.63) is 29.8 Å². The standard InChI is InChI=1S/C11H15NO2.C3H8S/c1-4-11(13)12(14-3)10-8-6-5-7-9(10)2;1-2-3-4/h5-8H,4H2,1-3H3;4H,2-3H2,1H3. The Morgan fingerprint density at radius 2 is 1.89 bits per heavy atom. The Kier molecular flexibility index (Phi) is 9.42. The second-order valence-electron chi connectivity index (χ2n) is 3.73. The molecule has 0 fully saturated rings. The Bertz CT molecular complexity index is 353. The maximum absolute atomic E-state index is 11.5. The molecule has 0 bridgehead atoms. The van der Waals surface area contributed by atoms with Crippen molar-refractivity contribution >= 4 is 24.2 Å². The first-order chi connectivity index (χ1) is 8.62. The Morgan fingerprint density at radius 3 is 2.28 bits per heavy atom. The van der Waals surface area contributed by atoms with Crippen LogP contribution in [0.1, 0.15) is 32.3 Å². The molecule has 18 heavy (non-hydrogen) atoms. The molecule has 1 aromatic rings. The molecule has 0 unspecified atom stereocenters. The van der Waals surface area contributed by atoms with Crippen molar-refractivity contribution in [2.75, 3.05) is 17.9 Å². The smallest absolute Gasteiger partial charge is 0.250 e. The highest BCUT2D eigenvalue weighted by Crippen LogP contribution is 2.19. The molecule has 1 rings (SSSR count). The Labute approximate surface area is 116 Å². The van der Waals surface area contributed by atoms with Crippen LogP contribution in [0, 0.1) is 6.92 Å². The first-order valence-electron chi connectivity index (χ1n) is 6.15. The van der Waals surface area contributed by atoms with Gasteiger partial charge in [0.15, 0.2) is 0 Å². The molecule has 102 valence electrons. The van der Waals surface area contributed by atoms with Gasteiger partial charge in [0.1, 0.15) is 0 Å². The van der Waals surface area contributed by atoms with E-state index in [4.69, 9.17) is 4.84 Å². The van der Waals surface area contributed by atoms with Gasteiger partial charge in [0, 0.05) is 6.42 Å². The largest absolute Gasteiger partial charge is 0.272 e. The van der Waals surface area contributed by atoms with Crippen LogP contribution in [0.2, 0.25) is 0 Å². The topological polar surface area (TPSA) is 29.5 Å². The van der Waals surface area contributed by atoms with Crippen LogP contribution in [-0.4, -0.2) is 18.8 Å². The number of hydrogen-bond donors (Lipinski definition) is 1. The highest BCUT2D eigenvalue weighted by molar-refractivity contribution is 7.80. The van der Waals surface area contributed by atoms with Crippen LogP contribution < -0.4 is 5.06 Å². The van der Waals surface area contributed by atoms with E-state index in [0.29, 0.717) is 6.42 Å². The molecule has 1 aromatic carbocycles. The number of para-hydroxylation sites is 1. The van der Waals surface area contributed by atoms with Gasteiger partial charge in [0.2, 0.25) is 0 Å². The van der Waals surface area contributed by atoms with Crippen molar-refractivity contribution in [1.82, 2.24) is 0 Å². The first-order valence-corrected chi connectivity index (χ1v) is 6.79. The molecular formula is C14H23NO2S. The number of anilines is 1. The van der Waals surface area contributed by atoms with E-state index in [1.54, 1.807) is 0 Å². The summed E-state index contributed by atoms with van der Waals surface area (Å²) < 4.78 is 0. The molecule has 0 heterocycles. The summed E-state index contributed by atoms with van der Waals surface area (Å²) in [6.07, 6.45) is 1.62. The van der Waals surface area contributed by atoms with E-state index < -0.39 is 0 Å². The van der Waals surface area contributed by atoms with Crippen molar-refractivity contribution < 1.29 is 9.63 Å². The summed E-state index contributed by atoms with van der Waals surface area (Å²) in [5.74, 6) is 0.974. The third-order valence-corrected chi connectivity index (χ3v) is 2.72. The summed E-state index contributed by atoms with van der Waals surface area (Å²) in [4.78, 5) is 16.6. The minimum atomic E-state index is -0.0400. The molecule has 0 aliphatic rings. The Morgan fingerprint density at radius 1 is 1.33 bits per heavy atom. The van der Waals surface area contributed by atoms with Gasteiger partial charge in [0.05, 0.1) is 12.8 Å². The molecule has 0 aliphatic heterocycles. The van der Waals surface area contributed by atoms with Crippen molar-refractivity contribution in [2.45, 2.75) is 33.6 Å². The fraction of sp³-hybridized carbons (Fsp3) is 0.500. The lowest BCUT2D eigenvalue weighted by Gasteiger charge is -2.20. The van der Waals surface area contributed by atoms with E-state index >= 15 is 0 Å². The van der Waals surface area contributed by atoms with Gasteiger partial charge in [-0.1, -0.05) is 32.0 Å². The van der Waals surface area contributed by atoms with Gasteiger partial charge in [-0.2, -0.15) is 17.7 Å². The van der Waals surface area contributed by atoms with Crippen LogP contribution in [0.5, 0.6) is 0 Å². The van der Waals surface area contributed by atoms with E-state index in [1.807, 2.05) is 38.1 Å². The molecule has 0 saturated carbocycles. The lowest BCUT2D eigenvalue weighted by Crippen LogP contribution is -2.29. The zero-order chi connectivity index (χ0) is 14.0. The number of carbonyl (C=O) groups is 1. The molecule has 1 amide bonds. The van der Waals surface area contributed by atoms with Crippen LogP contribution in [0.15, 0.2) is 24.3 Å². The number of nitrogens with zero attached hydrogens (tertiary/aromatic N) is 1. The predicted molar refractivity (Wildman–Crippen MR) is 80.1 cm³/mol. The Hall–Kier alpha value is -1.00. The molecule has 0 radical (unpaired) electrons. The second kappa shape index (κ2) is 9.97. The quantitative estimate of drug-likeness (QED) is 0.668. The van der Waals surface area contributed by atoms with E-state index in [2.05, 4.69) is 19.6 Å². The van der Waals surface area contributed by atoms with Crippen LogP contribution in [0.25, 0.3) is 0 Å². The molecule has 0 saturated heterocycles. The van der Waals surface area contributed by atoms with Gasteiger partial charge in [-0.25, -0.2) is 0 Å². The number of thiol groups is 1. The molecular weight excluding hydrogens is 246 g/mol. The highest BCUT2D eigenvalue weighted by atomic mass is 32.1. The average Bonchev–Trinajstić information content (AvgIpc) is 2.41. The second-order valence-corrected chi connectivity index (χ2v) is 4.18. The van der Waals surface area contributed by atoms with E-state index in [9.17, 15) is 4.79 Å². The number of hydrogen-bond acceptors (Lipinski definition) is 3. The third-order valence-electron chi connectivity index (χ3n) is 2.27. The summed E-state index contributed by atoms with van der Waals surface area (Å²) in [6, 6.07) is 7.64. The molecule has 3 nitrogen and oxygen atoms in total. The molecule has 0 atom stereocenters. The molecule has 0 spiro atoms. The van der Waals surface area contributed by atoms with Crippen LogP contribution >= 0.6 is 12.6 Å². The number of rotatable bonds is 4. The molecule has 0 N–H and O–H groups in total. The monoisotopic (exact) mass is 269 g/mol. The van der Waals surface area contributed by atoms with E-state index in [1.165, 1.54) is 18.6 Å². The van der Waals surface area contributed by atoms with Gasteiger partial charge in [-0.05, 0) is 30.7 Å². The van der Waals surface area contributed by atoms with Crippen LogP contribution in [-0.2, 0) is 9.63 Å². The maximum Gasteiger partial charge on any atom is 0.250 e. The zero-order valence-corrected chi connectivity index (χ0v) is 12.5. The fourth-order valence-corrected chi connectivity index (χ4v) is 1.27. The molecule has 0 aromatic heterocycles. The summed E-state index contributed by atoms with van der Waals surface area (Å²) >= 11 is 3.92. The van der Waals surface area contributed by atoms with Gasteiger partial charge in [0.25, 0.3) is 5.91 Å². The first kappa shape index (κ1) is 17.0. The van der Waals surface area contributed by atoms with Gasteiger partial charge >= 0.3 is 0 Å². The van der Waals surface area contributed by atoms with Crippen LogP contribution in [0.4, 0.5) is 5.69 Å². The maximum atomic E-state index is 11.5. The Balaban J connectivity index is 0.000000631. The number of aryl methyl sites for hydroxylation is 1. The summed E-state index contributed by atoms with van der Waals surface area (Å²) in [7, 11) is 1.50.